The summed E-state index contributed by atoms with van der Waals surface area (Å²) in [5, 5.41) is 5.36. The van der Waals surface area contributed by atoms with Crippen LogP contribution in [0.25, 0.3) is 22.0 Å². The number of sulfone groups is 1. The van der Waals surface area contributed by atoms with E-state index in [1.807, 2.05) is 0 Å². The van der Waals surface area contributed by atoms with E-state index in [0.717, 1.165) is 30.8 Å². The summed E-state index contributed by atoms with van der Waals surface area (Å²) in [5.41, 5.74) is -5.26. The van der Waals surface area contributed by atoms with Gasteiger partial charge in [-0.25, -0.2) is 30.6 Å². The molecule has 1 amide bonds. The van der Waals surface area contributed by atoms with Gasteiger partial charge in [0.1, 0.15) is 40.9 Å². The van der Waals surface area contributed by atoms with Gasteiger partial charge in [0.05, 0.1) is 34.2 Å². The monoisotopic (exact) mass is 966 g/mol. The highest BCUT2D eigenvalue weighted by Gasteiger charge is 2.68. The molecule has 342 valence electrons. The van der Waals surface area contributed by atoms with E-state index >= 15 is 8.78 Å². The first-order chi connectivity index (χ1) is 29.3. The Bertz CT molecular complexity index is 3030. The molecule has 5 aromatic rings. The highest BCUT2D eigenvalue weighted by molar-refractivity contribution is 7.92. The van der Waals surface area contributed by atoms with Gasteiger partial charge in [-0.1, -0.05) is 23.6 Å². The second-order valence-electron chi connectivity index (χ2n) is 16.1. The molecule has 11 nitrogen and oxygen atoms in total. The summed E-state index contributed by atoms with van der Waals surface area (Å²) in [4.78, 5) is 18.5. The first kappa shape index (κ1) is 46.6. The molecule has 0 radical (unpaired) electrons. The average molecular weight is 967 g/mol. The van der Waals surface area contributed by atoms with E-state index in [0.29, 0.717) is 10.6 Å². The Morgan fingerprint density at radius 2 is 1.62 bits per heavy atom. The van der Waals surface area contributed by atoms with Crippen molar-refractivity contribution >= 4 is 54.0 Å². The Balaban J connectivity index is 1.45. The third kappa shape index (κ3) is 9.26. The third-order valence-corrected chi connectivity index (χ3v) is 13.6. The molecule has 2 aromatic carbocycles. The van der Waals surface area contributed by atoms with Gasteiger partial charge in [0.15, 0.2) is 15.5 Å². The zero-order chi connectivity index (χ0) is 47.3. The first-order valence-corrected chi connectivity index (χ1v) is 22.9. The predicted octanol–water partition coefficient (Wildman–Crippen LogP) is 8.27. The maximum absolute atomic E-state index is 15.5. The molecule has 2 N–H and O–H groups in total. The lowest BCUT2D eigenvalue weighted by Gasteiger charge is -2.23. The van der Waals surface area contributed by atoms with Crippen molar-refractivity contribution in [2.24, 2.45) is 5.92 Å². The number of aromatic nitrogens is 4. The molecule has 24 heteroatoms. The number of hydrogen-bond donors (Lipinski definition) is 2. The van der Waals surface area contributed by atoms with Gasteiger partial charge in [-0.2, -0.15) is 40.2 Å². The van der Waals surface area contributed by atoms with Crippen LogP contribution in [-0.4, -0.2) is 65.5 Å². The number of benzene rings is 2. The molecule has 3 aromatic heterocycles. The van der Waals surface area contributed by atoms with Crippen LogP contribution < -0.4 is 10.0 Å². The first-order valence-electron chi connectivity index (χ1n) is 18.7. The molecule has 2 aliphatic rings. The highest BCUT2D eigenvalue weighted by Crippen LogP contribution is 2.68. The number of nitrogens with zero attached hydrogens (tertiary/aromatic N) is 4. The van der Waals surface area contributed by atoms with Gasteiger partial charge in [0, 0.05) is 46.5 Å². The number of rotatable bonds is 11. The second kappa shape index (κ2) is 15.7. The Hall–Kier alpha value is -5.34. The molecule has 0 aliphatic heterocycles. The Kier molecular flexibility index (Phi) is 11.4. The second-order valence-corrected chi connectivity index (χ2v) is 20.8. The number of anilines is 1. The summed E-state index contributed by atoms with van der Waals surface area (Å²) < 4.78 is 196. The van der Waals surface area contributed by atoms with Gasteiger partial charge in [0.2, 0.25) is 15.9 Å². The van der Waals surface area contributed by atoms with Gasteiger partial charge >= 0.3 is 12.4 Å². The number of sulfonamides is 1. The fourth-order valence-corrected chi connectivity index (χ4v) is 8.76. The summed E-state index contributed by atoms with van der Waals surface area (Å²) in [7, 11) is -7.99. The lowest BCUT2D eigenvalue weighted by molar-refractivity contribution is -0.142. The molecule has 0 saturated heterocycles. The van der Waals surface area contributed by atoms with E-state index in [-0.39, 0.29) is 60.8 Å². The van der Waals surface area contributed by atoms with Gasteiger partial charge in [-0.15, -0.1) is 0 Å². The largest absolute Gasteiger partial charge is 0.435 e. The van der Waals surface area contributed by atoms with E-state index in [9.17, 15) is 56.8 Å². The molecule has 3 heterocycles. The van der Waals surface area contributed by atoms with Crippen molar-refractivity contribution < 1.29 is 65.5 Å². The molecule has 3 atom stereocenters. The van der Waals surface area contributed by atoms with Crippen molar-refractivity contribution in [3.63, 3.8) is 0 Å². The van der Waals surface area contributed by atoms with E-state index in [4.69, 9.17) is 11.6 Å². The van der Waals surface area contributed by atoms with Gasteiger partial charge < -0.3 is 9.88 Å². The zero-order valence-electron chi connectivity index (χ0n) is 33.5. The van der Waals surface area contributed by atoms with Crippen molar-refractivity contribution in [2.45, 2.75) is 74.8 Å². The number of amides is 1. The lowest BCUT2D eigenvalue weighted by Crippen LogP contribution is -2.35. The summed E-state index contributed by atoms with van der Waals surface area (Å²) in [5.74, 6) is -4.73. The number of alkyl halides is 8. The number of nitrogens with one attached hydrogen (secondary N) is 2. The number of halogens is 11. The summed E-state index contributed by atoms with van der Waals surface area (Å²) in [6.45, 7) is -0.412. The predicted molar refractivity (Wildman–Crippen MR) is 213 cm³/mol. The van der Waals surface area contributed by atoms with Crippen molar-refractivity contribution in [1.82, 2.24) is 24.6 Å². The highest BCUT2D eigenvalue weighted by atomic mass is 35.5. The van der Waals surface area contributed by atoms with Crippen LogP contribution in [0.5, 0.6) is 0 Å². The number of pyridine rings is 1. The van der Waals surface area contributed by atoms with Crippen molar-refractivity contribution in [2.75, 3.05) is 17.2 Å². The quantitative estimate of drug-likeness (QED) is 0.100. The molecule has 0 spiro atoms. The van der Waals surface area contributed by atoms with Gasteiger partial charge in [0.25, 0.3) is 5.92 Å². The Morgan fingerprint density at radius 3 is 2.22 bits per heavy atom. The SMILES string of the molecule is CC(C)(C#Cc1ccc(-c2ccc(Cl)c3c(NS(C)(=O)=O)cn(CC(F)(F)F)c23)c([C@H](Cc2cc(F)cc(F)c2)NC(=O)Cn2nc(C(F)(F)F)c3c2C(F)(F)[C@@H]2C[C@H]32)n1)S(C)(=O)=O. The van der Waals surface area contributed by atoms with Crippen LogP contribution in [0.15, 0.2) is 48.7 Å². The van der Waals surface area contributed by atoms with E-state index in [2.05, 4.69) is 32.0 Å². The molecule has 1 fully saturated rings. The molecule has 1 saturated carbocycles. The van der Waals surface area contributed by atoms with Gasteiger partial charge in [-0.05, 0) is 74.4 Å². The topological polar surface area (TPSA) is 145 Å². The fourth-order valence-electron chi connectivity index (χ4n) is 7.71. The standard InChI is InChI=1S/C40H33ClF10N6O5S2/c1-37(2,63(3,59)60)10-9-22-5-6-23(24-7-8-27(41)32-29(55-64(4,61)62)16-56(34(24)32)18-38(44,45)46)33(52-22)28(13-19-11-20(42)14-21(43)12-19)53-30(58)17-57-36-31(35(54-57)40(49,50)51)25-15-26(25)39(36,47)48/h5-8,11-12,14,16,25-26,28,55H,13,15,17-18H2,1-4H3,(H,53,58)/t25-,26+,28-/m0/s1. The maximum Gasteiger partial charge on any atom is 0.435 e. The van der Waals surface area contributed by atoms with Crippen LogP contribution in [-0.2, 0) is 56.3 Å². The third-order valence-electron chi connectivity index (χ3n) is 10.8. The summed E-state index contributed by atoms with van der Waals surface area (Å²) in [6.07, 6.45) is -8.49. The van der Waals surface area contributed by atoms with Crippen LogP contribution in [0.3, 0.4) is 0 Å². The minimum absolute atomic E-state index is 0.157. The minimum atomic E-state index is -5.18. The maximum atomic E-state index is 15.5. The van der Waals surface area contributed by atoms with Crippen LogP contribution in [0, 0.1) is 29.4 Å². The Morgan fingerprint density at radius 1 is 0.984 bits per heavy atom. The average Bonchev–Trinajstić information content (AvgIpc) is 3.66. The van der Waals surface area contributed by atoms with Crippen LogP contribution in [0.2, 0.25) is 5.02 Å². The normalized spacial score (nSPS) is 17.7. The van der Waals surface area contributed by atoms with Crippen LogP contribution in [0.1, 0.15) is 66.1 Å². The number of fused-ring (bicyclic) bond motifs is 4. The minimum Gasteiger partial charge on any atom is -0.346 e. The molecule has 0 unspecified atom stereocenters. The van der Waals surface area contributed by atoms with Gasteiger partial charge in [-0.3, -0.25) is 14.2 Å². The zero-order valence-corrected chi connectivity index (χ0v) is 35.9. The van der Waals surface area contributed by atoms with Crippen LogP contribution in [0.4, 0.5) is 49.6 Å². The van der Waals surface area contributed by atoms with Crippen LogP contribution >= 0.6 is 11.6 Å². The smallest absolute Gasteiger partial charge is 0.346 e. The lowest BCUT2D eigenvalue weighted by atomic mass is 9.93. The molecule has 2 aliphatic carbocycles. The van der Waals surface area contributed by atoms with E-state index in [1.165, 1.54) is 38.1 Å². The molecule has 0 bridgehead atoms. The summed E-state index contributed by atoms with van der Waals surface area (Å²) in [6, 6.07) is 5.42. The number of carbonyl (C=O) groups excluding carboxylic acids is 1. The molecular weight excluding hydrogens is 934 g/mol. The number of hydrogen-bond acceptors (Lipinski definition) is 7. The van der Waals surface area contributed by atoms with Crippen molar-refractivity contribution in [1.29, 1.82) is 0 Å². The molecule has 64 heavy (non-hydrogen) atoms. The Labute approximate surface area is 363 Å². The molecule has 7 rings (SSSR count). The number of carbonyl (C=O) groups is 1. The van der Waals surface area contributed by atoms with Crippen molar-refractivity contribution in [3.05, 3.63) is 99.2 Å². The molecular formula is C40H33ClF10N6O5S2. The van der Waals surface area contributed by atoms with E-state index < -0.39 is 115 Å². The summed E-state index contributed by atoms with van der Waals surface area (Å²) >= 11 is 6.50. The fraction of sp³-hybridized carbons (Fsp3) is 0.375. The van der Waals surface area contributed by atoms with Crippen molar-refractivity contribution in [3.8, 4) is 23.0 Å². The van der Waals surface area contributed by atoms with E-state index in [1.54, 1.807) is 0 Å².